The van der Waals surface area contributed by atoms with E-state index in [2.05, 4.69) is 35.1 Å². The van der Waals surface area contributed by atoms with Crippen LogP contribution < -0.4 is 11.3 Å². The minimum absolute atomic E-state index is 0.0959. The Morgan fingerprint density at radius 2 is 1.90 bits per heavy atom. The maximum Gasteiger partial charge on any atom is 0.0514 e. The summed E-state index contributed by atoms with van der Waals surface area (Å²) in [6.45, 7) is 0. The first-order valence-electron chi connectivity index (χ1n) is 6.44. The molecule has 0 fully saturated rings. The lowest BCUT2D eigenvalue weighted by Crippen LogP contribution is -2.29. The van der Waals surface area contributed by atoms with E-state index in [0.717, 1.165) is 11.4 Å². The van der Waals surface area contributed by atoms with E-state index in [0.29, 0.717) is 0 Å². The summed E-state index contributed by atoms with van der Waals surface area (Å²) in [5.74, 6) is 5.77. The first-order valence-corrected chi connectivity index (χ1v) is 7.70. The Labute approximate surface area is 127 Å². The summed E-state index contributed by atoms with van der Waals surface area (Å²) in [6.07, 6.45) is 0.838. The molecule has 0 spiro atoms. The van der Waals surface area contributed by atoms with Gasteiger partial charge in [0.2, 0.25) is 0 Å². The highest BCUT2D eigenvalue weighted by Gasteiger charge is 2.14. The molecule has 2 nitrogen and oxygen atoms in total. The molecule has 1 unspecified atom stereocenters. The zero-order valence-electron chi connectivity index (χ0n) is 10.8. The minimum Gasteiger partial charge on any atom is -0.271 e. The molecule has 20 heavy (non-hydrogen) atoms. The quantitative estimate of drug-likeness (QED) is 0.557. The highest BCUT2D eigenvalue weighted by molar-refractivity contribution is 7.17. The normalized spacial score (nSPS) is 12.7. The molecule has 0 aliphatic carbocycles. The van der Waals surface area contributed by atoms with Crippen molar-refractivity contribution in [2.24, 2.45) is 5.84 Å². The van der Waals surface area contributed by atoms with Crippen LogP contribution in [0.4, 0.5) is 0 Å². The molecule has 3 aromatic rings. The van der Waals surface area contributed by atoms with Crippen LogP contribution in [-0.4, -0.2) is 0 Å². The van der Waals surface area contributed by atoms with Crippen molar-refractivity contribution in [3.63, 3.8) is 0 Å². The van der Waals surface area contributed by atoms with Crippen LogP contribution in [0.1, 0.15) is 17.2 Å². The van der Waals surface area contributed by atoms with Gasteiger partial charge in [0.05, 0.1) is 6.04 Å². The van der Waals surface area contributed by atoms with Gasteiger partial charge in [0.25, 0.3) is 0 Å². The van der Waals surface area contributed by atoms with Crippen molar-refractivity contribution in [1.29, 1.82) is 0 Å². The molecule has 1 atom stereocenters. The van der Waals surface area contributed by atoms with Crippen LogP contribution in [0.3, 0.4) is 0 Å². The van der Waals surface area contributed by atoms with Crippen molar-refractivity contribution < 1.29 is 0 Å². The lowest BCUT2D eigenvalue weighted by molar-refractivity contribution is 0.556. The smallest absolute Gasteiger partial charge is 0.0514 e. The summed E-state index contributed by atoms with van der Waals surface area (Å²) in [7, 11) is 0. The molecule has 1 heterocycles. The molecule has 3 rings (SSSR count). The maximum absolute atomic E-state index is 5.92. The van der Waals surface area contributed by atoms with E-state index < -0.39 is 0 Å². The molecule has 0 saturated carbocycles. The molecule has 0 aliphatic rings. The third kappa shape index (κ3) is 2.72. The summed E-state index contributed by atoms with van der Waals surface area (Å²) in [4.78, 5) is 0. The van der Waals surface area contributed by atoms with Gasteiger partial charge < -0.3 is 0 Å². The van der Waals surface area contributed by atoms with Crippen LogP contribution in [-0.2, 0) is 6.42 Å². The fourth-order valence-electron chi connectivity index (χ4n) is 2.41. The van der Waals surface area contributed by atoms with Gasteiger partial charge in [-0.1, -0.05) is 41.9 Å². The lowest BCUT2D eigenvalue weighted by Gasteiger charge is -2.17. The Morgan fingerprint density at radius 3 is 2.65 bits per heavy atom. The Morgan fingerprint density at radius 1 is 1.10 bits per heavy atom. The van der Waals surface area contributed by atoms with Crippen molar-refractivity contribution in [2.75, 3.05) is 0 Å². The van der Waals surface area contributed by atoms with Crippen LogP contribution >= 0.6 is 22.9 Å². The van der Waals surface area contributed by atoms with Gasteiger partial charge in [-0.15, -0.1) is 11.3 Å². The third-order valence-corrected chi connectivity index (χ3v) is 4.67. The molecule has 102 valence electrons. The van der Waals surface area contributed by atoms with E-state index in [9.17, 15) is 0 Å². The maximum atomic E-state index is 5.92. The average molecular weight is 303 g/mol. The molecule has 0 bridgehead atoms. The number of fused-ring (bicyclic) bond motifs is 1. The molecule has 2 aromatic carbocycles. The number of nitrogens with two attached hydrogens (primary N) is 1. The van der Waals surface area contributed by atoms with E-state index in [1.165, 1.54) is 21.2 Å². The molecular weight excluding hydrogens is 288 g/mol. The number of nitrogens with one attached hydrogen (secondary N) is 1. The van der Waals surface area contributed by atoms with Gasteiger partial charge >= 0.3 is 0 Å². The van der Waals surface area contributed by atoms with Gasteiger partial charge in [-0.25, -0.2) is 0 Å². The van der Waals surface area contributed by atoms with Crippen LogP contribution in [0.2, 0.25) is 5.02 Å². The molecular formula is C16H15ClN2S. The fourth-order valence-corrected chi connectivity index (χ4v) is 3.50. The molecule has 4 heteroatoms. The molecule has 1 aromatic heterocycles. The van der Waals surface area contributed by atoms with Gasteiger partial charge in [0.1, 0.15) is 0 Å². The van der Waals surface area contributed by atoms with Crippen LogP contribution in [0, 0.1) is 0 Å². The Balaban J connectivity index is 1.93. The van der Waals surface area contributed by atoms with Crippen molar-refractivity contribution in [3.8, 4) is 0 Å². The molecule has 0 aliphatic heterocycles. The molecule has 3 N–H and O–H groups in total. The Hall–Kier alpha value is -1.39. The second kappa shape index (κ2) is 5.94. The zero-order valence-corrected chi connectivity index (χ0v) is 12.4. The number of hydrogen-bond acceptors (Lipinski definition) is 3. The fraction of sp³-hybridized carbons (Fsp3) is 0.125. The Bertz CT molecular complexity index is 706. The monoisotopic (exact) mass is 302 g/mol. The number of benzene rings is 2. The number of thiophene rings is 1. The summed E-state index contributed by atoms with van der Waals surface area (Å²) >= 11 is 7.68. The van der Waals surface area contributed by atoms with Gasteiger partial charge in [-0.2, -0.15) is 0 Å². The van der Waals surface area contributed by atoms with E-state index in [4.69, 9.17) is 17.4 Å². The van der Waals surface area contributed by atoms with Crippen LogP contribution in [0.25, 0.3) is 10.1 Å². The standard InChI is InChI=1S/C16H15ClN2S/c17-13-6-4-11(5-7-13)10-15(19-18)14-3-1-2-12-8-9-20-16(12)14/h1-9,15,19H,10,18H2. The van der Waals surface area contributed by atoms with Gasteiger partial charge in [-0.3, -0.25) is 11.3 Å². The topological polar surface area (TPSA) is 38.0 Å². The summed E-state index contributed by atoms with van der Waals surface area (Å²) in [6, 6.07) is 16.5. The summed E-state index contributed by atoms with van der Waals surface area (Å²) in [5, 5.41) is 4.14. The minimum atomic E-state index is 0.0959. The van der Waals surface area contributed by atoms with Gasteiger partial charge in [-0.05, 0) is 46.5 Å². The highest BCUT2D eigenvalue weighted by Crippen LogP contribution is 2.30. The predicted octanol–water partition coefficient (Wildman–Crippen LogP) is 4.30. The van der Waals surface area contributed by atoms with Crippen LogP contribution in [0.15, 0.2) is 53.9 Å². The van der Waals surface area contributed by atoms with E-state index in [-0.39, 0.29) is 6.04 Å². The van der Waals surface area contributed by atoms with Gasteiger partial charge in [0, 0.05) is 9.72 Å². The Kier molecular flexibility index (Phi) is 4.03. The summed E-state index contributed by atoms with van der Waals surface area (Å²) < 4.78 is 1.30. The largest absolute Gasteiger partial charge is 0.271 e. The first kappa shape index (κ1) is 13.6. The zero-order chi connectivity index (χ0) is 13.9. The van der Waals surface area contributed by atoms with Gasteiger partial charge in [0.15, 0.2) is 0 Å². The second-order valence-corrected chi connectivity index (χ2v) is 6.09. The second-order valence-electron chi connectivity index (χ2n) is 4.74. The van der Waals surface area contributed by atoms with Crippen molar-refractivity contribution in [2.45, 2.75) is 12.5 Å². The highest BCUT2D eigenvalue weighted by atomic mass is 35.5. The predicted molar refractivity (Wildman–Crippen MR) is 87.0 cm³/mol. The van der Waals surface area contributed by atoms with E-state index in [1.807, 2.05) is 24.3 Å². The van der Waals surface area contributed by atoms with E-state index >= 15 is 0 Å². The molecule has 0 radical (unpaired) electrons. The van der Waals surface area contributed by atoms with E-state index in [1.54, 1.807) is 11.3 Å². The van der Waals surface area contributed by atoms with Crippen molar-refractivity contribution >= 4 is 33.0 Å². The first-order chi connectivity index (χ1) is 9.78. The molecule has 0 saturated heterocycles. The number of rotatable bonds is 4. The number of hydrogen-bond donors (Lipinski definition) is 2. The summed E-state index contributed by atoms with van der Waals surface area (Å²) in [5.41, 5.74) is 5.40. The SMILES string of the molecule is NNC(Cc1ccc(Cl)cc1)c1cccc2ccsc12. The van der Waals surface area contributed by atoms with Crippen LogP contribution in [0.5, 0.6) is 0 Å². The molecule has 0 amide bonds. The number of hydrazine groups is 1. The van der Waals surface area contributed by atoms with Crippen molar-refractivity contribution in [3.05, 3.63) is 70.1 Å². The average Bonchev–Trinajstić information content (AvgIpc) is 2.95. The third-order valence-electron chi connectivity index (χ3n) is 3.44. The van der Waals surface area contributed by atoms with Crippen molar-refractivity contribution in [1.82, 2.24) is 5.43 Å². The lowest BCUT2D eigenvalue weighted by atomic mass is 9.98. The number of halogens is 1.